The molecule has 32 heavy (non-hydrogen) atoms. The van der Waals surface area contributed by atoms with E-state index in [0.29, 0.717) is 38.5 Å². The third kappa shape index (κ3) is 4.05. The first-order chi connectivity index (χ1) is 15.2. The van der Waals surface area contributed by atoms with Crippen LogP contribution in [0.25, 0.3) is 31.3 Å². The molecule has 4 aromatic rings. The number of hydrogen-bond acceptors (Lipinski definition) is 5. The van der Waals surface area contributed by atoms with Crippen LogP contribution in [0.3, 0.4) is 0 Å². The minimum Gasteiger partial charge on any atom is -0.423 e. The summed E-state index contributed by atoms with van der Waals surface area (Å²) < 4.78 is 27.2. The maximum atomic E-state index is 15.4. The van der Waals surface area contributed by atoms with Gasteiger partial charge in [-0.25, -0.2) is 14.0 Å². The Hall–Kier alpha value is -3.77. The maximum absolute atomic E-state index is 15.4. The Morgan fingerprint density at radius 1 is 0.812 bits per heavy atom. The predicted molar refractivity (Wildman–Crippen MR) is 126 cm³/mol. The lowest BCUT2D eigenvalue weighted by Crippen LogP contribution is -2.07. The van der Waals surface area contributed by atoms with Crippen LogP contribution in [-0.4, -0.2) is 11.9 Å². The predicted octanol–water partition coefficient (Wildman–Crippen LogP) is 6.82. The largest absolute Gasteiger partial charge is 0.423 e. The fourth-order valence-corrected chi connectivity index (χ4v) is 4.34. The summed E-state index contributed by atoms with van der Waals surface area (Å²) in [4.78, 5) is 23.4. The van der Waals surface area contributed by atoms with Gasteiger partial charge in [0, 0.05) is 32.2 Å². The van der Waals surface area contributed by atoms with Crippen LogP contribution in [0.15, 0.2) is 78.9 Å². The van der Waals surface area contributed by atoms with Crippen molar-refractivity contribution in [1.29, 1.82) is 0 Å². The van der Waals surface area contributed by atoms with Crippen LogP contribution < -0.4 is 9.47 Å². The summed E-state index contributed by atoms with van der Waals surface area (Å²) in [6.07, 6.45) is 0. The van der Waals surface area contributed by atoms with E-state index in [9.17, 15) is 9.59 Å². The van der Waals surface area contributed by atoms with E-state index in [1.54, 1.807) is 56.3 Å². The van der Waals surface area contributed by atoms with Gasteiger partial charge in [-0.05, 0) is 49.7 Å². The van der Waals surface area contributed by atoms with E-state index < -0.39 is 11.9 Å². The number of rotatable bonds is 5. The van der Waals surface area contributed by atoms with E-state index in [1.165, 1.54) is 11.3 Å². The van der Waals surface area contributed by atoms with Crippen LogP contribution in [0.1, 0.15) is 13.8 Å². The molecule has 3 aromatic carbocycles. The lowest BCUT2D eigenvalue weighted by molar-refractivity contribution is -0.130. The summed E-state index contributed by atoms with van der Waals surface area (Å²) in [5, 5.41) is 1.67. The zero-order valence-corrected chi connectivity index (χ0v) is 18.3. The molecule has 0 saturated heterocycles. The number of benzene rings is 3. The zero-order chi connectivity index (χ0) is 23.0. The van der Waals surface area contributed by atoms with Gasteiger partial charge in [-0.1, -0.05) is 37.4 Å². The summed E-state index contributed by atoms with van der Waals surface area (Å²) in [5.74, 6) is -0.601. The van der Waals surface area contributed by atoms with Crippen molar-refractivity contribution in [3.63, 3.8) is 0 Å². The zero-order valence-electron chi connectivity index (χ0n) is 17.5. The normalized spacial score (nSPS) is 10.8. The van der Waals surface area contributed by atoms with E-state index in [1.807, 2.05) is 12.1 Å². The Morgan fingerprint density at radius 2 is 1.38 bits per heavy atom. The van der Waals surface area contributed by atoms with E-state index in [2.05, 4.69) is 13.2 Å². The molecule has 4 nitrogen and oxygen atoms in total. The monoisotopic (exact) mass is 446 g/mol. The van der Waals surface area contributed by atoms with E-state index in [4.69, 9.17) is 9.47 Å². The summed E-state index contributed by atoms with van der Waals surface area (Å²) in [7, 11) is 0. The topological polar surface area (TPSA) is 52.6 Å². The van der Waals surface area contributed by atoms with Gasteiger partial charge < -0.3 is 9.47 Å². The van der Waals surface area contributed by atoms with Crippen molar-refractivity contribution in [2.75, 3.05) is 0 Å². The highest BCUT2D eigenvalue weighted by Gasteiger charge is 2.16. The lowest BCUT2D eigenvalue weighted by Gasteiger charge is -2.07. The van der Waals surface area contributed by atoms with E-state index in [0.717, 1.165) is 15.5 Å². The molecule has 1 aromatic heterocycles. The molecule has 0 unspecified atom stereocenters. The number of esters is 2. The van der Waals surface area contributed by atoms with Gasteiger partial charge in [0.05, 0.1) is 4.70 Å². The van der Waals surface area contributed by atoms with Crippen LogP contribution >= 0.6 is 11.3 Å². The molecular formula is C26H19FO4S. The quantitative estimate of drug-likeness (QED) is 0.192. The van der Waals surface area contributed by atoms with Crippen molar-refractivity contribution in [3.05, 3.63) is 84.7 Å². The average Bonchev–Trinajstić information content (AvgIpc) is 3.13. The van der Waals surface area contributed by atoms with Crippen molar-refractivity contribution in [3.8, 4) is 22.6 Å². The van der Waals surface area contributed by atoms with Gasteiger partial charge in [-0.2, -0.15) is 0 Å². The van der Waals surface area contributed by atoms with Crippen molar-refractivity contribution in [1.82, 2.24) is 0 Å². The number of thiophene rings is 1. The smallest absolute Gasteiger partial charge is 0.338 e. The fraction of sp³-hybridized carbons (Fsp3) is 0.0769. The molecule has 0 aliphatic carbocycles. The van der Waals surface area contributed by atoms with E-state index in [-0.39, 0.29) is 5.82 Å². The maximum Gasteiger partial charge on any atom is 0.338 e. The summed E-state index contributed by atoms with van der Waals surface area (Å²) in [6.45, 7) is 10.3. The molecule has 160 valence electrons. The second-order valence-electron chi connectivity index (χ2n) is 7.43. The molecule has 0 aliphatic rings. The molecule has 0 aliphatic heterocycles. The Morgan fingerprint density at radius 3 is 2.00 bits per heavy atom. The Balaban J connectivity index is 1.69. The van der Waals surface area contributed by atoms with Gasteiger partial charge in [-0.15, -0.1) is 11.3 Å². The summed E-state index contributed by atoms with van der Waals surface area (Å²) in [6, 6.07) is 15.5. The first kappa shape index (κ1) is 21.5. The van der Waals surface area contributed by atoms with Crippen LogP contribution in [0.5, 0.6) is 11.5 Å². The minimum atomic E-state index is -0.510. The molecule has 4 rings (SSSR count). The van der Waals surface area contributed by atoms with Crippen molar-refractivity contribution < 1.29 is 23.5 Å². The van der Waals surface area contributed by atoms with Gasteiger partial charge in [0.1, 0.15) is 17.3 Å². The van der Waals surface area contributed by atoms with Crippen molar-refractivity contribution >= 4 is 43.4 Å². The highest BCUT2D eigenvalue weighted by Crippen LogP contribution is 2.40. The third-order valence-corrected chi connectivity index (χ3v) is 6.00. The molecule has 0 amide bonds. The number of hydrogen-bond donors (Lipinski definition) is 0. The molecule has 0 spiro atoms. The molecule has 6 heteroatoms. The van der Waals surface area contributed by atoms with Crippen LogP contribution in [-0.2, 0) is 9.59 Å². The average molecular weight is 446 g/mol. The number of carbonyl (C=O) groups is 2. The van der Waals surface area contributed by atoms with Crippen LogP contribution in [0.4, 0.5) is 4.39 Å². The molecule has 0 atom stereocenters. The molecule has 0 saturated carbocycles. The Bertz CT molecular complexity index is 1410. The molecule has 1 heterocycles. The number of ether oxygens (including phenoxy) is 2. The second-order valence-corrected chi connectivity index (χ2v) is 8.48. The number of fused-ring (bicyclic) bond motifs is 3. The third-order valence-electron chi connectivity index (χ3n) is 4.84. The van der Waals surface area contributed by atoms with E-state index >= 15 is 4.39 Å². The van der Waals surface area contributed by atoms with Gasteiger partial charge in [-0.3, -0.25) is 0 Å². The SMILES string of the molecule is C=C(C)C(=O)Oc1ccc(-c2ccc3c(sc4cc(OC(=O)C(=C)C)ccc43)c2F)cc1. The molecule has 0 radical (unpaired) electrons. The van der Waals surface area contributed by atoms with Gasteiger partial charge in [0.25, 0.3) is 0 Å². The van der Waals surface area contributed by atoms with Crippen LogP contribution in [0.2, 0.25) is 0 Å². The number of halogens is 1. The fourth-order valence-electron chi connectivity index (χ4n) is 3.16. The summed E-state index contributed by atoms with van der Waals surface area (Å²) in [5.41, 5.74) is 1.70. The minimum absolute atomic E-state index is 0.299. The number of carbonyl (C=O) groups excluding carboxylic acids is 2. The standard InChI is InChI=1S/C26H19FO4S/c1-14(2)25(28)30-17-7-5-16(6-8-17)19-11-12-21-20-10-9-18(31-26(29)15(3)4)13-22(20)32-24(21)23(19)27/h5-13H,1,3H2,2,4H3. The van der Waals surface area contributed by atoms with Crippen LogP contribution in [0, 0.1) is 5.82 Å². The molecule has 0 N–H and O–H groups in total. The lowest BCUT2D eigenvalue weighted by atomic mass is 10.0. The molecule has 0 bridgehead atoms. The highest BCUT2D eigenvalue weighted by molar-refractivity contribution is 7.25. The van der Waals surface area contributed by atoms with Crippen molar-refractivity contribution in [2.45, 2.75) is 13.8 Å². The molecular weight excluding hydrogens is 427 g/mol. The van der Waals surface area contributed by atoms with Gasteiger partial charge in [0.15, 0.2) is 0 Å². The first-order valence-electron chi connectivity index (χ1n) is 9.75. The molecule has 0 fully saturated rings. The highest BCUT2D eigenvalue weighted by atomic mass is 32.1. The first-order valence-corrected chi connectivity index (χ1v) is 10.6. The van der Waals surface area contributed by atoms with Gasteiger partial charge in [0.2, 0.25) is 0 Å². The second kappa shape index (κ2) is 8.40. The summed E-state index contributed by atoms with van der Waals surface area (Å²) >= 11 is 1.29. The van der Waals surface area contributed by atoms with Gasteiger partial charge >= 0.3 is 11.9 Å². The Kier molecular flexibility index (Phi) is 5.63. The van der Waals surface area contributed by atoms with Crippen molar-refractivity contribution in [2.24, 2.45) is 0 Å². The Labute approximate surface area is 188 Å².